The van der Waals surface area contributed by atoms with Crippen molar-refractivity contribution in [2.75, 3.05) is 19.6 Å². The van der Waals surface area contributed by atoms with E-state index in [1.54, 1.807) is 0 Å². The molecule has 0 heterocycles. The first kappa shape index (κ1) is 11.7. The van der Waals surface area contributed by atoms with Gasteiger partial charge in [-0.2, -0.15) is 0 Å². The molecule has 13 heavy (non-hydrogen) atoms. The van der Waals surface area contributed by atoms with Gasteiger partial charge in [-0.1, -0.05) is 6.92 Å². The molecular formula is C8H18N4O. The molecule has 0 rings (SSSR count). The molecule has 0 aromatic heterocycles. The van der Waals surface area contributed by atoms with Gasteiger partial charge >= 0.3 is 0 Å². The van der Waals surface area contributed by atoms with Crippen molar-refractivity contribution in [3.8, 4) is 0 Å². The number of carbonyl (C=O) groups excluding carboxylic acids is 1. The maximum absolute atomic E-state index is 10.9. The molecule has 0 spiro atoms. The number of guanidine groups is 1. The summed E-state index contributed by atoms with van der Waals surface area (Å²) in [5.74, 6) is 0.219. The van der Waals surface area contributed by atoms with Gasteiger partial charge < -0.3 is 16.4 Å². The molecule has 0 unspecified atom stereocenters. The Morgan fingerprint density at radius 3 is 2.62 bits per heavy atom. The number of nitrogens with one attached hydrogen (secondary N) is 2. The Morgan fingerprint density at radius 2 is 2.08 bits per heavy atom. The van der Waals surface area contributed by atoms with Gasteiger partial charge in [-0.15, -0.1) is 0 Å². The van der Waals surface area contributed by atoms with Crippen molar-refractivity contribution in [2.45, 2.75) is 20.3 Å². The van der Waals surface area contributed by atoms with Gasteiger partial charge in [0, 0.05) is 13.1 Å². The Labute approximate surface area is 78.8 Å². The molecule has 0 aliphatic rings. The van der Waals surface area contributed by atoms with Crippen LogP contribution >= 0.6 is 0 Å². The molecule has 0 saturated heterocycles. The lowest BCUT2D eigenvalue weighted by atomic mass is 10.5. The molecule has 5 heteroatoms. The van der Waals surface area contributed by atoms with Crippen LogP contribution in [0.25, 0.3) is 0 Å². The average molecular weight is 186 g/mol. The normalized spacial score (nSPS) is 11.1. The van der Waals surface area contributed by atoms with Crippen molar-refractivity contribution >= 4 is 11.9 Å². The second kappa shape index (κ2) is 7.39. The van der Waals surface area contributed by atoms with Crippen molar-refractivity contribution in [3.63, 3.8) is 0 Å². The standard InChI is InChI=1S/C8H18N4O/c1-3-5-11-8(9)12-6-7(13)10-4-2/h3-6H2,1-2H3,(H,10,13)(H3,9,11,12). The number of rotatable bonds is 5. The van der Waals surface area contributed by atoms with Gasteiger partial charge in [-0.3, -0.25) is 4.79 Å². The summed E-state index contributed by atoms with van der Waals surface area (Å²) in [4.78, 5) is 14.8. The summed E-state index contributed by atoms with van der Waals surface area (Å²) in [6.45, 7) is 5.39. The number of carbonyl (C=O) groups is 1. The Kier molecular flexibility index (Phi) is 6.68. The summed E-state index contributed by atoms with van der Waals surface area (Å²) >= 11 is 0. The van der Waals surface area contributed by atoms with Crippen LogP contribution in [0.2, 0.25) is 0 Å². The van der Waals surface area contributed by atoms with Crippen LogP contribution in [0.1, 0.15) is 20.3 Å². The fourth-order valence-electron chi connectivity index (χ4n) is 0.719. The summed E-state index contributed by atoms with van der Waals surface area (Å²) in [5, 5.41) is 5.51. The van der Waals surface area contributed by atoms with Crippen molar-refractivity contribution < 1.29 is 4.79 Å². The third kappa shape index (κ3) is 7.11. The number of hydrogen-bond acceptors (Lipinski definition) is 2. The molecule has 0 aromatic carbocycles. The van der Waals surface area contributed by atoms with Gasteiger partial charge in [0.15, 0.2) is 5.96 Å². The van der Waals surface area contributed by atoms with E-state index in [0.717, 1.165) is 13.0 Å². The van der Waals surface area contributed by atoms with E-state index in [4.69, 9.17) is 5.73 Å². The summed E-state index contributed by atoms with van der Waals surface area (Å²) in [7, 11) is 0. The van der Waals surface area contributed by atoms with E-state index >= 15 is 0 Å². The lowest BCUT2D eigenvalue weighted by molar-refractivity contribution is -0.119. The van der Waals surface area contributed by atoms with Crippen LogP contribution in [0.3, 0.4) is 0 Å². The molecule has 0 fully saturated rings. The van der Waals surface area contributed by atoms with Gasteiger partial charge in [0.1, 0.15) is 6.54 Å². The van der Waals surface area contributed by atoms with E-state index < -0.39 is 0 Å². The lowest BCUT2D eigenvalue weighted by Gasteiger charge is -2.03. The minimum Gasteiger partial charge on any atom is -0.370 e. The summed E-state index contributed by atoms with van der Waals surface area (Å²) < 4.78 is 0. The van der Waals surface area contributed by atoms with Gasteiger partial charge in [-0.25, -0.2) is 4.99 Å². The summed E-state index contributed by atoms with van der Waals surface area (Å²) in [5.41, 5.74) is 5.46. The average Bonchev–Trinajstić information content (AvgIpc) is 2.12. The minimum atomic E-state index is -0.108. The van der Waals surface area contributed by atoms with Crippen LogP contribution < -0.4 is 16.4 Å². The van der Waals surface area contributed by atoms with Crippen LogP contribution in [-0.4, -0.2) is 31.5 Å². The summed E-state index contributed by atoms with van der Waals surface area (Å²) in [6, 6.07) is 0. The quantitative estimate of drug-likeness (QED) is 0.397. The highest BCUT2D eigenvalue weighted by molar-refractivity contribution is 5.83. The van der Waals surface area contributed by atoms with Gasteiger partial charge in [-0.05, 0) is 13.3 Å². The first-order chi connectivity index (χ1) is 6.20. The third-order valence-electron chi connectivity index (χ3n) is 1.32. The smallest absolute Gasteiger partial charge is 0.241 e. The molecule has 0 saturated carbocycles. The molecule has 0 aliphatic heterocycles. The van der Waals surface area contributed by atoms with Crippen molar-refractivity contribution in [2.24, 2.45) is 10.7 Å². The van der Waals surface area contributed by atoms with E-state index in [-0.39, 0.29) is 12.5 Å². The maximum Gasteiger partial charge on any atom is 0.241 e. The molecule has 0 aliphatic carbocycles. The SMILES string of the molecule is CCCNC(N)=NCC(=O)NCC. The molecule has 5 nitrogen and oxygen atoms in total. The highest BCUT2D eigenvalue weighted by Crippen LogP contribution is 1.73. The van der Waals surface area contributed by atoms with Crippen molar-refractivity contribution in [1.82, 2.24) is 10.6 Å². The van der Waals surface area contributed by atoms with Crippen LogP contribution in [0.15, 0.2) is 4.99 Å². The largest absolute Gasteiger partial charge is 0.370 e. The van der Waals surface area contributed by atoms with E-state index in [0.29, 0.717) is 12.5 Å². The van der Waals surface area contributed by atoms with Gasteiger partial charge in [0.05, 0.1) is 0 Å². The van der Waals surface area contributed by atoms with Gasteiger partial charge in [0.25, 0.3) is 0 Å². The Bertz CT molecular complexity index is 179. The van der Waals surface area contributed by atoms with E-state index in [2.05, 4.69) is 15.6 Å². The van der Waals surface area contributed by atoms with E-state index in [1.165, 1.54) is 0 Å². The predicted octanol–water partition coefficient (Wildman–Crippen LogP) is -0.563. The number of nitrogens with zero attached hydrogens (tertiary/aromatic N) is 1. The summed E-state index contributed by atoms with van der Waals surface area (Å²) in [6.07, 6.45) is 0.984. The second-order valence-electron chi connectivity index (χ2n) is 2.58. The Hall–Kier alpha value is -1.26. The van der Waals surface area contributed by atoms with Crippen LogP contribution in [0, 0.1) is 0 Å². The fraction of sp³-hybridized carbons (Fsp3) is 0.750. The highest BCUT2D eigenvalue weighted by Gasteiger charge is 1.96. The zero-order valence-corrected chi connectivity index (χ0v) is 8.26. The zero-order valence-electron chi connectivity index (χ0n) is 8.26. The van der Waals surface area contributed by atoms with Crippen LogP contribution in [0.4, 0.5) is 0 Å². The molecule has 0 atom stereocenters. The number of nitrogens with two attached hydrogens (primary N) is 1. The number of hydrogen-bond donors (Lipinski definition) is 3. The molecule has 0 radical (unpaired) electrons. The van der Waals surface area contributed by atoms with Crippen LogP contribution in [0.5, 0.6) is 0 Å². The molecule has 0 aromatic rings. The first-order valence-electron chi connectivity index (χ1n) is 4.51. The molecule has 76 valence electrons. The second-order valence-corrected chi connectivity index (χ2v) is 2.58. The van der Waals surface area contributed by atoms with Gasteiger partial charge in [0.2, 0.25) is 5.91 Å². The van der Waals surface area contributed by atoms with Crippen LogP contribution in [-0.2, 0) is 4.79 Å². The zero-order chi connectivity index (χ0) is 10.1. The maximum atomic E-state index is 10.9. The van der Waals surface area contributed by atoms with Crippen molar-refractivity contribution in [1.29, 1.82) is 0 Å². The Balaban J connectivity index is 3.62. The Morgan fingerprint density at radius 1 is 1.38 bits per heavy atom. The monoisotopic (exact) mass is 186 g/mol. The van der Waals surface area contributed by atoms with Crippen molar-refractivity contribution in [3.05, 3.63) is 0 Å². The number of aliphatic imine (C=N–C) groups is 1. The molecular weight excluding hydrogens is 168 g/mol. The molecule has 4 N–H and O–H groups in total. The first-order valence-corrected chi connectivity index (χ1v) is 4.51. The lowest BCUT2D eigenvalue weighted by Crippen LogP contribution is -2.34. The molecule has 0 bridgehead atoms. The number of likely N-dealkylation sites (N-methyl/N-ethyl adjacent to an activating group) is 1. The number of amides is 1. The highest BCUT2D eigenvalue weighted by atomic mass is 16.1. The minimum absolute atomic E-state index is 0.0936. The molecule has 1 amide bonds. The topological polar surface area (TPSA) is 79.5 Å². The van der Waals surface area contributed by atoms with E-state index in [1.807, 2.05) is 13.8 Å². The fourth-order valence-corrected chi connectivity index (χ4v) is 0.719. The third-order valence-corrected chi connectivity index (χ3v) is 1.32. The predicted molar refractivity (Wildman–Crippen MR) is 53.5 cm³/mol. The van der Waals surface area contributed by atoms with E-state index in [9.17, 15) is 4.79 Å².